The fourth-order valence-corrected chi connectivity index (χ4v) is 5.04. The zero-order valence-electron chi connectivity index (χ0n) is 10.6. The monoisotopic (exact) mass is 347 g/mol. The van der Waals surface area contributed by atoms with E-state index >= 15 is 0 Å². The van der Waals surface area contributed by atoms with Crippen molar-refractivity contribution in [2.24, 2.45) is 0 Å². The predicted molar refractivity (Wildman–Crippen MR) is 85.3 cm³/mol. The molecule has 2 N–H and O–H groups in total. The molecule has 1 saturated heterocycles. The topological polar surface area (TPSA) is 51.8 Å². The molecule has 1 aliphatic rings. The van der Waals surface area contributed by atoms with Crippen molar-refractivity contribution >= 4 is 45.3 Å². The average Bonchev–Trinajstić information content (AvgIpc) is 2.35. The van der Waals surface area contributed by atoms with Crippen LogP contribution in [0.1, 0.15) is 37.0 Å². The largest absolute Gasteiger partial charge is 0.383 e. The van der Waals surface area contributed by atoms with Gasteiger partial charge in [0.25, 0.3) is 0 Å². The summed E-state index contributed by atoms with van der Waals surface area (Å²) in [6.07, 6.45) is 2.01. The van der Waals surface area contributed by atoms with E-state index in [1.807, 2.05) is 23.5 Å². The van der Waals surface area contributed by atoms with Gasteiger partial charge in [0.05, 0.1) is 15.4 Å². The third-order valence-corrected chi connectivity index (χ3v) is 6.84. The second kappa shape index (κ2) is 6.48. The Labute approximate surface area is 125 Å². The van der Waals surface area contributed by atoms with Crippen LogP contribution in [0.3, 0.4) is 0 Å². The number of aromatic nitrogens is 2. The van der Waals surface area contributed by atoms with Crippen LogP contribution < -0.4 is 5.73 Å². The Hall–Kier alpha value is 0.0600. The van der Waals surface area contributed by atoms with Crippen LogP contribution >= 0.6 is 39.5 Å². The lowest BCUT2D eigenvalue weighted by Gasteiger charge is -2.27. The molecule has 0 aliphatic carbocycles. The standard InChI is InChI=1S/C12H18BrN3S2/c1-3-4-8-9(13)11(14)16-12(15-8)10-7(2)17-5-6-18-10/h7,10H,3-6H2,1-2H3,(H2,14,15,16). The van der Waals surface area contributed by atoms with Gasteiger partial charge in [0.15, 0.2) is 0 Å². The molecule has 2 atom stereocenters. The molecule has 3 nitrogen and oxygen atoms in total. The quantitative estimate of drug-likeness (QED) is 0.903. The molecule has 1 aliphatic heterocycles. The van der Waals surface area contributed by atoms with Crippen molar-refractivity contribution < 1.29 is 0 Å². The molecule has 18 heavy (non-hydrogen) atoms. The SMILES string of the molecule is CCCc1nc(C2SCCSC2C)nc(N)c1Br. The van der Waals surface area contributed by atoms with Gasteiger partial charge < -0.3 is 5.73 Å². The molecule has 0 radical (unpaired) electrons. The molecule has 0 amide bonds. The zero-order chi connectivity index (χ0) is 13.1. The highest BCUT2D eigenvalue weighted by molar-refractivity contribution is 9.10. The summed E-state index contributed by atoms with van der Waals surface area (Å²) in [7, 11) is 0. The molecule has 0 saturated carbocycles. The fourth-order valence-electron chi connectivity index (χ4n) is 1.98. The second-order valence-corrected chi connectivity index (χ2v) is 7.87. The first-order valence-electron chi connectivity index (χ1n) is 6.18. The lowest BCUT2D eigenvalue weighted by Crippen LogP contribution is -2.19. The highest BCUT2D eigenvalue weighted by atomic mass is 79.9. The number of halogens is 1. The number of nitrogen functional groups attached to an aromatic ring is 1. The van der Waals surface area contributed by atoms with E-state index < -0.39 is 0 Å². The number of aryl methyl sites for hydroxylation is 1. The van der Waals surface area contributed by atoms with Gasteiger partial charge in [-0.3, -0.25) is 0 Å². The molecule has 1 aromatic heterocycles. The number of hydrogen-bond donors (Lipinski definition) is 1. The van der Waals surface area contributed by atoms with Gasteiger partial charge in [0.1, 0.15) is 11.6 Å². The van der Waals surface area contributed by atoms with Crippen LogP contribution in [0.4, 0.5) is 5.82 Å². The maximum absolute atomic E-state index is 5.99. The Morgan fingerprint density at radius 2 is 2.06 bits per heavy atom. The van der Waals surface area contributed by atoms with Crippen LogP contribution in [0.15, 0.2) is 4.47 Å². The third-order valence-electron chi connectivity index (χ3n) is 2.89. The lowest BCUT2D eigenvalue weighted by molar-refractivity contribution is 0.785. The van der Waals surface area contributed by atoms with Gasteiger partial charge >= 0.3 is 0 Å². The van der Waals surface area contributed by atoms with Gasteiger partial charge in [0, 0.05) is 16.8 Å². The van der Waals surface area contributed by atoms with E-state index in [4.69, 9.17) is 10.7 Å². The van der Waals surface area contributed by atoms with E-state index in [2.05, 4.69) is 34.8 Å². The Bertz CT molecular complexity index is 428. The summed E-state index contributed by atoms with van der Waals surface area (Å²) < 4.78 is 0.870. The Balaban J connectivity index is 2.32. The van der Waals surface area contributed by atoms with Gasteiger partial charge in [-0.15, -0.1) is 11.8 Å². The smallest absolute Gasteiger partial charge is 0.145 e. The molecule has 0 aromatic carbocycles. The van der Waals surface area contributed by atoms with Crippen LogP contribution in [-0.2, 0) is 6.42 Å². The van der Waals surface area contributed by atoms with Crippen LogP contribution in [0.25, 0.3) is 0 Å². The minimum absolute atomic E-state index is 0.370. The van der Waals surface area contributed by atoms with Gasteiger partial charge in [-0.25, -0.2) is 9.97 Å². The summed E-state index contributed by atoms with van der Waals surface area (Å²) in [6.45, 7) is 4.40. The third kappa shape index (κ3) is 3.14. The molecule has 1 aromatic rings. The van der Waals surface area contributed by atoms with Crippen molar-refractivity contribution in [3.05, 3.63) is 16.0 Å². The average molecular weight is 348 g/mol. The number of nitrogens with two attached hydrogens (primary N) is 1. The van der Waals surface area contributed by atoms with Crippen molar-refractivity contribution in [2.45, 2.75) is 37.2 Å². The van der Waals surface area contributed by atoms with E-state index in [1.54, 1.807) is 0 Å². The first-order valence-corrected chi connectivity index (χ1v) is 9.07. The number of nitrogens with zero attached hydrogens (tertiary/aromatic N) is 2. The number of thioether (sulfide) groups is 2. The van der Waals surface area contributed by atoms with Crippen molar-refractivity contribution in [1.82, 2.24) is 9.97 Å². The summed E-state index contributed by atoms with van der Waals surface area (Å²) in [5.74, 6) is 3.87. The van der Waals surface area contributed by atoms with Crippen molar-refractivity contribution in [2.75, 3.05) is 17.2 Å². The molecule has 6 heteroatoms. The molecular formula is C12H18BrN3S2. The molecule has 2 unspecified atom stereocenters. The number of rotatable bonds is 3. The molecule has 0 bridgehead atoms. The van der Waals surface area contributed by atoms with E-state index in [9.17, 15) is 0 Å². The molecular weight excluding hydrogens is 330 g/mol. The fraction of sp³-hybridized carbons (Fsp3) is 0.667. The molecule has 0 spiro atoms. The van der Waals surface area contributed by atoms with Crippen molar-refractivity contribution in [3.63, 3.8) is 0 Å². The van der Waals surface area contributed by atoms with Crippen LogP contribution in [-0.4, -0.2) is 26.7 Å². The van der Waals surface area contributed by atoms with Gasteiger partial charge in [-0.2, -0.15) is 11.8 Å². The Morgan fingerprint density at radius 1 is 1.33 bits per heavy atom. The molecule has 100 valence electrons. The highest BCUT2D eigenvalue weighted by Gasteiger charge is 2.27. The summed E-state index contributed by atoms with van der Waals surface area (Å²) in [4.78, 5) is 9.20. The molecule has 1 fully saturated rings. The Kier molecular flexibility index (Phi) is 5.21. The summed E-state index contributed by atoms with van der Waals surface area (Å²) in [6, 6.07) is 0. The minimum atomic E-state index is 0.370. The number of anilines is 1. The molecule has 2 rings (SSSR count). The van der Waals surface area contributed by atoms with Crippen LogP contribution in [0, 0.1) is 0 Å². The van der Waals surface area contributed by atoms with Crippen molar-refractivity contribution in [1.29, 1.82) is 0 Å². The van der Waals surface area contributed by atoms with Crippen LogP contribution in [0.2, 0.25) is 0 Å². The minimum Gasteiger partial charge on any atom is -0.383 e. The maximum Gasteiger partial charge on any atom is 0.145 e. The zero-order valence-corrected chi connectivity index (χ0v) is 13.9. The van der Waals surface area contributed by atoms with Crippen molar-refractivity contribution in [3.8, 4) is 0 Å². The highest BCUT2D eigenvalue weighted by Crippen LogP contribution is 2.41. The van der Waals surface area contributed by atoms with Crippen LogP contribution in [0.5, 0.6) is 0 Å². The first-order chi connectivity index (χ1) is 8.63. The molecule has 2 heterocycles. The van der Waals surface area contributed by atoms with E-state index in [1.165, 1.54) is 11.5 Å². The summed E-state index contributed by atoms with van der Waals surface area (Å²) in [5, 5.41) is 0.925. The van der Waals surface area contributed by atoms with Gasteiger partial charge in [-0.05, 0) is 22.4 Å². The van der Waals surface area contributed by atoms with E-state index in [0.717, 1.165) is 28.8 Å². The van der Waals surface area contributed by atoms with Gasteiger partial charge in [0.2, 0.25) is 0 Å². The maximum atomic E-state index is 5.99. The normalized spacial score (nSPS) is 24.2. The summed E-state index contributed by atoms with van der Waals surface area (Å²) in [5.41, 5.74) is 7.03. The summed E-state index contributed by atoms with van der Waals surface area (Å²) >= 11 is 7.44. The van der Waals surface area contributed by atoms with Gasteiger partial charge in [-0.1, -0.05) is 20.3 Å². The second-order valence-electron chi connectivity index (χ2n) is 4.35. The first kappa shape index (κ1) is 14.5. The predicted octanol–water partition coefficient (Wildman–Crippen LogP) is 3.68. The number of hydrogen-bond acceptors (Lipinski definition) is 5. The van der Waals surface area contributed by atoms with E-state index in [-0.39, 0.29) is 0 Å². The Morgan fingerprint density at radius 3 is 2.72 bits per heavy atom. The van der Waals surface area contributed by atoms with E-state index in [0.29, 0.717) is 16.3 Å². The lowest BCUT2D eigenvalue weighted by atomic mass is 10.2.